The van der Waals surface area contributed by atoms with Crippen molar-refractivity contribution in [2.45, 2.75) is 19.8 Å². The van der Waals surface area contributed by atoms with E-state index in [9.17, 15) is 9.59 Å². The summed E-state index contributed by atoms with van der Waals surface area (Å²) in [7, 11) is 0. The van der Waals surface area contributed by atoms with Crippen LogP contribution in [-0.2, 0) is 4.79 Å². The molecule has 0 heterocycles. The van der Waals surface area contributed by atoms with Crippen LogP contribution in [0.4, 0.5) is 0 Å². The summed E-state index contributed by atoms with van der Waals surface area (Å²) in [5.41, 5.74) is 6.58. The van der Waals surface area contributed by atoms with Crippen molar-refractivity contribution in [1.82, 2.24) is 10.6 Å². The first kappa shape index (κ1) is 16.7. The Hall–Kier alpha value is -2.32. The smallest absolute Gasteiger partial charge is 0.251 e. The van der Waals surface area contributed by atoms with Crippen LogP contribution in [-0.4, -0.2) is 31.4 Å². The molecule has 5 heteroatoms. The van der Waals surface area contributed by atoms with E-state index < -0.39 is 0 Å². The minimum Gasteiger partial charge on any atom is -0.356 e. The molecule has 112 valence electrons. The van der Waals surface area contributed by atoms with Crippen molar-refractivity contribution in [2.75, 3.05) is 19.6 Å². The summed E-state index contributed by atoms with van der Waals surface area (Å²) in [4.78, 5) is 23.4. The summed E-state index contributed by atoms with van der Waals surface area (Å²) < 4.78 is 0. The molecule has 0 fully saturated rings. The summed E-state index contributed by atoms with van der Waals surface area (Å²) in [6.45, 7) is 3.24. The van der Waals surface area contributed by atoms with Crippen molar-refractivity contribution < 1.29 is 9.59 Å². The number of benzene rings is 1. The number of nitrogens with one attached hydrogen (secondary N) is 2. The van der Waals surface area contributed by atoms with Gasteiger partial charge in [0.25, 0.3) is 5.91 Å². The second-order valence-electron chi connectivity index (χ2n) is 4.44. The van der Waals surface area contributed by atoms with E-state index in [1.165, 1.54) is 0 Å². The lowest BCUT2D eigenvalue weighted by atomic mass is 10.1. The topological polar surface area (TPSA) is 84.2 Å². The Kier molecular flexibility index (Phi) is 7.62. The highest BCUT2D eigenvalue weighted by Crippen LogP contribution is 2.04. The molecule has 0 radical (unpaired) electrons. The first-order valence-corrected chi connectivity index (χ1v) is 7.01. The number of hydrogen-bond acceptors (Lipinski definition) is 3. The Morgan fingerprint density at radius 1 is 1.24 bits per heavy atom. The third kappa shape index (κ3) is 6.59. The number of hydrogen-bond donors (Lipinski definition) is 3. The van der Waals surface area contributed by atoms with Crippen LogP contribution in [0.15, 0.2) is 24.3 Å². The van der Waals surface area contributed by atoms with Crippen molar-refractivity contribution in [3.63, 3.8) is 0 Å². The fourth-order valence-electron chi connectivity index (χ4n) is 1.64. The predicted molar refractivity (Wildman–Crippen MR) is 82.6 cm³/mol. The van der Waals surface area contributed by atoms with Crippen LogP contribution in [0, 0.1) is 11.8 Å². The zero-order valence-corrected chi connectivity index (χ0v) is 12.2. The molecule has 1 aromatic rings. The highest BCUT2D eigenvalue weighted by Gasteiger charge is 2.06. The van der Waals surface area contributed by atoms with E-state index in [1.807, 2.05) is 13.0 Å². The molecule has 2 amide bonds. The summed E-state index contributed by atoms with van der Waals surface area (Å²) >= 11 is 0. The van der Waals surface area contributed by atoms with Crippen LogP contribution in [0.2, 0.25) is 0 Å². The second-order valence-corrected chi connectivity index (χ2v) is 4.44. The van der Waals surface area contributed by atoms with Gasteiger partial charge in [-0.2, -0.15) is 0 Å². The molecule has 0 aliphatic rings. The van der Waals surface area contributed by atoms with Crippen molar-refractivity contribution in [3.8, 4) is 11.8 Å². The average Bonchev–Trinajstić information content (AvgIpc) is 2.51. The lowest BCUT2D eigenvalue weighted by molar-refractivity contribution is -0.120. The number of rotatable bonds is 6. The van der Waals surface area contributed by atoms with Gasteiger partial charge in [0.1, 0.15) is 0 Å². The Bertz CT molecular complexity index is 544. The summed E-state index contributed by atoms with van der Waals surface area (Å²) in [6, 6.07) is 7.00. The normalized spacial score (nSPS) is 9.43. The van der Waals surface area contributed by atoms with Gasteiger partial charge in [-0.3, -0.25) is 9.59 Å². The van der Waals surface area contributed by atoms with Gasteiger partial charge in [-0.15, -0.1) is 0 Å². The van der Waals surface area contributed by atoms with E-state index in [0.29, 0.717) is 18.7 Å². The minimum absolute atomic E-state index is 0.0558. The average molecular weight is 287 g/mol. The molecule has 0 aliphatic heterocycles. The molecule has 1 rings (SSSR count). The van der Waals surface area contributed by atoms with Gasteiger partial charge >= 0.3 is 0 Å². The molecule has 0 aliphatic carbocycles. The first-order valence-electron chi connectivity index (χ1n) is 7.01. The molecule has 21 heavy (non-hydrogen) atoms. The van der Waals surface area contributed by atoms with E-state index in [2.05, 4.69) is 22.5 Å². The number of carbonyl (C=O) groups is 2. The molecular weight excluding hydrogens is 266 g/mol. The number of carbonyl (C=O) groups excluding carboxylic acids is 2. The number of amides is 2. The van der Waals surface area contributed by atoms with Gasteiger partial charge < -0.3 is 16.4 Å². The van der Waals surface area contributed by atoms with E-state index in [0.717, 1.165) is 12.0 Å². The monoisotopic (exact) mass is 287 g/mol. The molecule has 4 N–H and O–H groups in total. The molecule has 0 aromatic heterocycles. The third-order valence-electron chi connectivity index (χ3n) is 2.67. The van der Waals surface area contributed by atoms with Crippen molar-refractivity contribution in [3.05, 3.63) is 35.4 Å². The van der Waals surface area contributed by atoms with Gasteiger partial charge in [0, 0.05) is 30.6 Å². The predicted octanol–water partition coefficient (Wildman–Crippen LogP) is 0.643. The van der Waals surface area contributed by atoms with Crippen LogP contribution in [0.1, 0.15) is 35.7 Å². The second kappa shape index (κ2) is 9.56. The quantitative estimate of drug-likeness (QED) is 0.671. The molecule has 0 spiro atoms. The van der Waals surface area contributed by atoms with Gasteiger partial charge in [0.2, 0.25) is 5.91 Å². The SMILES string of the molecule is CCCNC(=O)CCNC(=O)c1cccc(C#CCN)c1. The molecular formula is C16H21N3O2. The fourth-order valence-corrected chi connectivity index (χ4v) is 1.64. The molecule has 0 bridgehead atoms. The van der Waals surface area contributed by atoms with Crippen molar-refractivity contribution >= 4 is 11.8 Å². The highest BCUT2D eigenvalue weighted by atomic mass is 16.2. The van der Waals surface area contributed by atoms with Crippen LogP contribution >= 0.6 is 0 Å². The minimum atomic E-state index is -0.213. The summed E-state index contributed by atoms with van der Waals surface area (Å²) in [6.07, 6.45) is 1.17. The van der Waals surface area contributed by atoms with Gasteiger partial charge in [0.15, 0.2) is 0 Å². The lowest BCUT2D eigenvalue weighted by Gasteiger charge is -2.06. The van der Waals surface area contributed by atoms with Gasteiger partial charge in [0.05, 0.1) is 6.54 Å². The molecule has 0 saturated carbocycles. The molecule has 0 unspecified atom stereocenters. The molecule has 0 saturated heterocycles. The highest BCUT2D eigenvalue weighted by molar-refractivity contribution is 5.94. The molecule has 1 aromatic carbocycles. The molecule has 5 nitrogen and oxygen atoms in total. The van der Waals surface area contributed by atoms with Gasteiger partial charge in [-0.25, -0.2) is 0 Å². The van der Waals surface area contributed by atoms with Gasteiger partial charge in [-0.1, -0.05) is 24.8 Å². The Balaban J connectivity index is 2.47. The third-order valence-corrected chi connectivity index (χ3v) is 2.67. The van der Waals surface area contributed by atoms with E-state index in [1.54, 1.807) is 18.2 Å². The number of nitrogens with two attached hydrogens (primary N) is 1. The maximum Gasteiger partial charge on any atom is 0.251 e. The maximum atomic E-state index is 12.0. The van der Waals surface area contributed by atoms with E-state index >= 15 is 0 Å². The Morgan fingerprint density at radius 2 is 2.05 bits per heavy atom. The zero-order valence-electron chi connectivity index (χ0n) is 12.2. The van der Waals surface area contributed by atoms with Crippen LogP contribution in [0.3, 0.4) is 0 Å². The summed E-state index contributed by atoms with van der Waals surface area (Å²) in [5, 5.41) is 5.47. The standard InChI is InChI=1S/C16H21N3O2/c1-2-10-18-15(20)8-11-19-16(21)14-7-3-5-13(12-14)6-4-9-17/h3,5,7,12H,2,8-11,17H2,1H3,(H,18,20)(H,19,21). The van der Waals surface area contributed by atoms with Crippen LogP contribution in [0.25, 0.3) is 0 Å². The fraction of sp³-hybridized carbons (Fsp3) is 0.375. The largest absolute Gasteiger partial charge is 0.356 e. The molecule has 0 atom stereocenters. The zero-order chi connectivity index (χ0) is 15.5. The van der Waals surface area contributed by atoms with Crippen molar-refractivity contribution in [1.29, 1.82) is 0 Å². The lowest BCUT2D eigenvalue weighted by Crippen LogP contribution is -2.31. The first-order chi connectivity index (χ1) is 10.2. The van der Waals surface area contributed by atoms with Crippen LogP contribution in [0.5, 0.6) is 0 Å². The Morgan fingerprint density at radius 3 is 2.76 bits per heavy atom. The van der Waals surface area contributed by atoms with E-state index in [-0.39, 0.29) is 24.8 Å². The maximum absolute atomic E-state index is 12.0. The van der Waals surface area contributed by atoms with Crippen LogP contribution < -0.4 is 16.4 Å². The van der Waals surface area contributed by atoms with Crippen molar-refractivity contribution in [2.24, 2.45) is 5.73 Å². The Labute approximate surface area is 125 Å². The van der Waals surface area contributed by atoms with Gasteiger partial charge in [-0.05, 0) is 24.6 Å². The summed E-state index contributed by atoms with van der Waals surface area (Å²) in [5.74, 6) is 5.35. The van der Waals surface area contributed by atoms with E-state index in [4.69, 9.17) is 5.73 Å².